The maximum Gasteiger partial charge on any atom is 0.175 e. The molecule has 0 bridgehead atoms. The Labute approximate surface area is 122 Å². The van der Waals surface area contributed by atoms with Gasteiger partial charge in [0, 0.05) is 10.8 Å². The van der Waals surface area contributed by atoms with Crippen LogP contribution in [0.5, 0.6) is 0 Å². The summed E-state index contributed by atoms with van der Waals surface area (Å²) in [6.45, 7) is 4.07. The van der Waals surface area contributed by atoms with Crippen molar-refractivity contribution in [2.24, 2.45) is 4.99 Å². The Bertz CT molecular complexity index is 436. The lowest BCUT2D eigenvalue weighted by atomic mass is 10.2. The number of aliphatic hydroxyl groups is 1. The molecule has 1 aromatic carbocycles. The van der Waals surface area contributed by atoms with Crippen LogP contribution in [0.4, 0.5) is 0 Å². The SMILES string of the molecule is C[C@@H](O)C[NH+]1CN=C(SCc2ccc(Cl)cc2)NC1. The average Bonchev–Trinajstić information content (AvgIpc) is 2.39. The van der Waals surface area contributed by atoms with Crippen molar-refractivity contribution in [1.82, 2.24) is 5.32 Å². The molecule has 1 aliphatic rings. The summed E-state index contributed by atoms with van der Waals surface area (Å²) >= 11 is 7.55. The first kappa shape index (κ1) is 14.7. The molecule has 0 saturated carbocycles. The van der Waals surface area contributed by atoms with Crippen LogP contribution in [-0.2, 0) is 5.75 Å². The largest absolute Gasteiger partial charge is 0.388 e. The van der Waals surface area contributed by atoms with Gasteiger partial charge >= 0.3 is 0 Å². The first-order chi connectivity index (χ1) is 9.13. The summed E-state index contributed by atoms with van der Waals surface area (Å²) in [6, 6.07) is 7.87. The summed E-state index contributed by atoms with van der Waals surface area (Å²) < 4.78 is 0. The number of aliphatic imine (C=N–C) groups is 1. The minimum Gasteiger partial charge on any atom is -0.388 e. The van der Waals surface area contributed by atoms with Gasteiger partial charge in [-0.15, -0.1) is 0 Å². The third-order valence-electron chi connectivity index (χ3n) is 2.81. The van der Waals surface area contributed by atoms with Crippen LogP contribution in [0.2, 0.25) is 5.02 Å². The van der Waals surface area contributed by atoms with Crippen LogP contribution in [0.3, 0.4) is 0 Å². The summed E-state index contributed by atoms with van der Waals surface area (Å²) in [5, 5.41) is 14.4. The molecule has 6 heteroatoms. The highest BCUT2D eigenvalue weighted by atomic mass is 35.5. The third-order valence-corrected chi connectivity index (χ3v) is 4.09. The molecule has 1 aromatic rings. The van der Waals surface area contributed by atoms with Gasteiger partial charge in [0.2, 0.25) is 0 Å². The number of nitrogens with one attached hydrogen (secondary N) is 2. The predicted octanol–water partition coefficient (Wildman–Crippen LogP) is 0.713. The van der Waals surface area contributed by atoms with E-state index in [2.05, 4.69) is 10.3 Å². The van der Waals surface area contributed by atoms with E-state index in [0.717, 1.165) is 35.8 Å². The standard InChI is InChI=1S/C13H18ClN3OS/c1-10(18)6-17-8-15-13(16-9-17)19-7-11-2-4-12(14)5-3-11/h2-5,10,18H,6-9H2,1H3,(H,15,16)/p+1/t10-/m1/s1. The molecule has 0 saturated heterocycles. The van der Waals surface area contributed by atoms with Gasteiger partial charge in [0.1, 0.15) is 12.6 Å². The Kier molecular flexibility index (Phi) is 5.51. The number of benzene rings is 1. The molecule has 1 unspecified atom stereocenters. The van der Waals surface area contributed by atoms with E-state index < -0.39 is 0 Å². The first-order valence-corrected chi connectivity index (χ1v) is 7.67. The molecule has 1 aliphatic heterocycles. The third kappa shape index (κ3) is 5.03. The highest BCUT2D eigenvalue weighted by Crippen LogP contribution is 2.16. The van der Waals surface area contributed by atoms with Crippen molar-refractivity contribution in [1.29, 1.82) is 0 Å². The number of hydrogen-bond donors (Lipinski definition) is 3. The molecule has 19 heavy (non-hydrogen) atoms. The Hall–Kier alpha value is -0.750. The van der Waals surface area contributed by atoms with E-state index in [9.17, 15) is 5.11 Å². The number of nitrogens with zero attached hydrogens (tertiary/aromatic N) is 1. The van der Waals surface area contributed by atoms with Gasteiger partial charge in [0.25, 0.3) is 0 Å². The second-order valence-corrected chi connectivity index (χ2v) is 6.09. The fourth-order valence-corrected chi connectivity index (χ4v) is 2.83. The highest BCUT2D eigenvalue weighted by Gasteiger charge is 2.16. The lowest BCUT2D eigenvalue weighted by molar-refractivity contribution is -0.905. The van der Waals surface area contributed by atoms with Crippen molar-refractivity contribution >= 4 is 28.5 Å². The predicted molar refractivity (Wildman–Crippen MR) is 80.6 cm³/mol. The maximum absolute atomic E-state index is 9.33. The molecule has 0 aliphatic carbocycles. The van der Waals surface area contributed by atoms with E-state index in [1.54, 1.807) is 11.8 Å². The van der Waals surface area contributed by atoms with Gasteiger partial charge in [0.15, 0.2) is 18.5 Å². The van der Waals surface area contributed by atoms with Crippen LogP contribution in [0.1, 0.15) is 12.5 Å². The lowest BCUT2D eigenvalue weighted by Gasteiger charge is -2.24. The zero-order chi connectivity index (χ0) is 13.7. The van der Waals surface area contributed by atoms with Gasteiger partial charge in [-0.25, -0.2) is 4.99 Å². The summed E-state index contributed by atoms with van der Waals surface area (Å²) in [5.41, 5.74) is 1.23. The van der Waals surface area contributed by atoms with Crippen molar-refractivity contribution in [3.05, 3.63) is 34.9 Å². The topological polar surface area (TPSA) is 49.1 Å². The van der Waals surface area contributed by atoms with E-state index in [-0.39, 0.29) is 6.10 Å². The summed E-state index contributed by atoms with van der Waals surface area (Å²) in [6.07, 6.45) is -0.282. The second-order valence-electron chi connectivity index (χ2n) is 4.69. The van der Waals surface area contributed by atoms with Gasteiger partial charge in [0.05, 0.1) is 0 Å². The highest BCUT2D eigenvalue weighted by molar-refractivity contribution is 8.13. The van der Waals surface area contributed by atoms with Crippen LogP contribution in [-0.4, -0.2) is 36.3 Å². The normalized spacial score (nSPS) is 20.6. The molecule has 0 spiro atoms. The Morgan fingerprint density at radius 2 is 2.21 bits per heavy atom. The molecule has 0 radical (unpaired) electrons. The van der Waals surface area contributed by atoms with Crippen molar-refractivity contribution < 1.29 is 10.0 Å². The average molecular weight is 301 g/mol. The first-order valence-electron chi connectivity index (χ1n) is 6.30. The number of amidine groups is 1. The number of hydrogen-bond acceptors (Lipinski definition) is 4. The van der Waals surface area contributed by atoms with Gasteiger partial charge < -0.3 is 10.4 Å². The van der Waals surface area contributed by atoms with Crippen molar-refractivity contribution in [2.75, 3.05) is 19.9 Å². The monoisotopic (exact) mass is 300 g/mol. The minimum atomic E-state index is -0.282. The van der Waals surface area contributed by atoms with Crippen LogP contribution < -0.4 is 10.2 Å². The Morgan fingerprint density at radius 1 is 1.47 bits per heavy atom. The van der Waals surface area contributed by atoms with E-state index in [4.69, 9.17) is 11.6 Å². The van der Waals surface area contributed by atoms with Crippen molar-refractivity contribution in [3.8, 4) is 0 Å². The summed E-state index contributed by atoms with van der Waals surface area (Å²) in [5.74, 6) is 0.884. The van der Waals surface area contributed by atoms with Crippen LogP contribution in [0, 0.1) is 0 Å². The molecule has 104 valence electrons. The number of halogens is 1. The molecule has 0 aromatic heterocycles. The summed E-state index contributed by atoms with van der Waals surface area (Å²) in [4.78, 5) is 5.75. The van der Waals surface area contributed by atoms with Crippen LogP contribution in [0.25, 0.3) is 0 Å². The Balaban J connectivity index is 1.78. The van der Waals surface area contributed by atoms with E-state index in [0.29, 0.717) is 0 Å². The fraction of sp³-hybridized carbons (Fsp3) is 0.462. The van der Waals surface area contributed by atoms with Crippen LogP contribution in [0.15, 0.2) is 29.3 Å². The molecule has 2 rings (SSSR count). The summed E-state index contributed by atoms with van der Waals surface area (Å²) in [7, 11) is 0. The van der Waals surface area contributed by atoms with Crippen LogP contribution >= 0.6 is 23.4 Å². The van der Waals surface area contributed by atoms with Crippen molar-refractivity contribution in [3.63, 3.8) is 0 Å². The van der Waals surface area contributed by atoms with E-state index >= 15 is 0 Å². The molecule has 0 amide bonds. The van der Waals surface area contributed by atoms with Gasteiger partial charge in [-0.1, -0.05) is 35.5 Å². The molecule has 4 nitrogen and oxygen atoms in total. The molecule has 3 N–H and O–H groups in total. The second kappa shape index (κ2) is 7.14. The number of thioether (sulfide) groups is 1. The van der Waals surface area contributed by atoms with Gasteiger partial charge in [-0.05, 0) is 24.6 Å². The quantitative estimate of drug-likeness (QED) is 0.768. The molecular formula is C13H19ClN3OS+. The van der Waals surface area contributed by atoms with E-state index in [1.165, 1.54) is 10.5 Å². The minimum absolute atomic E-state index is 0.282. The lowest BCUT2D eigenvalue weighted by Crippen LogP contribution is -3.15. The van der Waals surface area contributed by atoms with E-state index in [1.807, 2.05) is 31.2 Å². The molecule has 0 fully saturated rings. The zero-order valence-corrected chi connectivity index (χ0v) is 12.5. The number of rotatable bonds is 4. The number of aliphatic hydroxyl groups excluding tert-OH is 1. The zero-order valence-electron chi connectivity index (χ0n) is 10.9. The molecule has 1 heterocycles. The maximum atomic E-state index is 9.33. The smallest absolute Gasteiger partial charge is 0.175 e. The number of quaternary nitrogens is 1. The molecular weight excluding hydrogens is 282 g/mol. The van der Waals surface area contributed by atoms with Gasteiger partial charge in [-0.2, -0.15) is 0 Å². The molecule has 2 atom stereocenters. The Morgan fingerprint density at radius 3 is 2.79 bits per heavy atom. The fourth-order valence-electron chi connectivity index (χ4n) is 1.88. The van der Waals surface area contributed by atoms with Gasteiger partial charge in [-0.3, -0.25) is 4.90 Å². The van der Waals surface area contributed by atoms with Crippen molar-refractivity contribution in [2.45, 2.75) is 18.8 Å².